The van der Waals surface area contributed by atoms with Crippen LogP contribution in [0, 0.1) is 23.7 Å². The van der Waals surface area contributed by atoms with E-state index in [0.717, 1.165) is 32.1 Å². The number of hydrogen-bond donors (Lipinski definition) is 4. The van der Waals surface area contributed by atoms with Gasteiger partial charge < -0.3 is 26.4 Å². The number of nitrogens with one attached hydrogen (secondary N) is 3. The average molecular weight is 501 g/mol. The minimum Gasteiger partial charge on any atom is -0.477 e. The molecule has 5 N–H and O–H groups in total. The predicted molar refractivity (Wildman–Crippen MR) is 136 cm³/mol. The number of ether oxygens (including phenoxy) is 1. The normalized spacial score (nSPS) is 28.9. The van der Waals surface area contributed by atoms with Crippen LogP contribution in [0.2, 0.25) is 0 Å². The summed E-state index contributed by atoms with van der Waals surface area (Å²) in [7, 11) is 0. The van der Waals surface area contributed by atoms with E-state index in [2.05, 4.69) is 21.0 Å². The number of carbonyl (C=O) groups is 3. The number of nitrogens with zero attached hydrogens (tertiary/aromatic N) is 2. The quantitative estimate of drug-likeness (QED) is 0.413. The van der Waals surface area contributed by atoms with E-state index < -0.39 is 11.6 Å². The van der Waals surface area contributed by atoms with Crippen LogP contribution in [0.1, 0.15) is 77.1 Å². The van der Waals surface area contributed by atoms with Gasteiger partial charge in [-0.05, 0) is 75.7 Å². The van der Waals surface area contributed by atoms with Gasteiger partial charge in [-0.1, -0.05) is 13.8 Å². The van der Waals surface area contributed by atoms with Crippen LogP contribution in [0.4, 0.5) is 4.79 Å². The lowest BCUT2D eigenvalue weighted by molar-refractivity contribution is -0.120. The van der Waals surface area contributed by atoms with Gasteiger partial charge in [0, 0.05) is 24.7 Å². The van der Waals surface area contributed by atoms with Gasteiger partial charge >= 0.3 is 6.03 Å². The minimum absolute atomic E-state index is 0.0485. The molecular formula is C26H40N6O4. The Balaban J connectivity index is 1.52. The van der Waals surface area contributed by atoms with Crippen molar-refractivity contribution in [1.82, 2.24) is 25.7 Å². The summed E-state index contributed by atoms with van der Waals surface area (Å²) >= 11 is 0. The molecule has 4 aliphatic rings. The van der Waals surface area contributed by atoms with Gasteiger partial charge in [0.15, 0.2) is 0 Å². The van der Waals surface area contributed by atoms with E-state index >= 15 is 0 Å². The third-order valence-corrected chi connectivity index (χ3v) is 7.64. The number of carbonyl (C=O) groups excluding carboxylic acids is 3. The molecule has 4 bridgehead atoms. The van der Waals surface area contributed by atoms with Gasteiger partial charge in [0.2, 0.25) is 11.8 Å². The summed E-state index contributed by atoms with van der Waals surface area (Å²) in [6.07, 6.45) is 9.83. The van der Waals surface area contributed by atoms with Crippen molar-refractivity contribution >= 4 is 24.0 Å². The Labute approximate surface area is 212 Å². The van der Waals surface area contributed by atoms with Gasteiger partial charge in [-0.3, -0.25) is 9.59 Å². The predicted octanol–water partition coefficient (Wildman–Crippen LogP) is 2.65. The maximum absolute atomic E-state index is 13.5. The summed E-state index contributed by atoms with van der Waals surface area (Å²) in [6.45, 7) is 9.75. The number of nitrogens with two attached hydrogens (primary N) is 1. The number of aromatic nitrogens is 2. The molecule has 2 unspecified atom stereocenters. The maximum Gasteiger partial charge on any atom is 0.312 e. The molecule has 4 amide bonds. The molecule has 0 aromatic carbocycles. The molecule has 0 spiro atoms. The maximum atomic E-state index is 13.5. The minimum atomic E-state index is -0.592. The standard InChI is InChI=1S/C26H40N6O4/c1-15(2)14-36-23-20(13-28-32(23)7-6-25(4,5)30-16(3)33)22(34)29-21-18-8-17-9-19(21)12-26(10-17,11-18)31-24(27)35/h6-7,13,15,17-19,21H,8-12,14H2,1-5H3,(H,29,34)(H,30,33)(H3,27,31,35)/b7-6+/t17?,18?,19?,21-,26-. The summed E-state index contributed by atoms with van der Waals surface area (Å²) < 4.78 is 7.59. The van der Waals surface area contributed by atoms with E-state index in [0.29, 0.717) is 35.8 Å². The smallest absolute Gasteiger partial charge is 0.312 e. The van der Waals surface area contributed by atoms with Gasteiger partial charge in [0.25, 0.3) is 5.91 Å². The topological polar surface area (TPSA) is 140 Å². The van der Waals surface area contributed by atoms with Gasteiger partial charge in [-0.25, -0.2) is 9.48 Å². The fraction of sp³-hybridized carbons (Fsp3) is 0.692. The first kappa shape index (κ1) is 26.0. The zero-order valence-corrected chi connectivity index (χ0v) is 22.0. The molecular weight excluding hydrogens is 460 g/mol. The highest BCUT2D eigenvalue weighted by Gasteiger charge is 2.56. The Kier molecular flexibility index (Phi) is 7.07. The van der Waals surface area contributed by atoms with Crippen molar-refractivity contribution in [2.45, 2.75) is 83.8 Å². The second-order valence-corrected chi connectivity index (χ2v) is 12.0. The van der Waals surface area contributed by atoms with Crippen molar-refractivity contribution in [1.29, 1.82) is 0 Å². The summed E-state index contributed by atoms with van der Waals surface area (Å²) in [6, 6.07) is -0.418. The average Bonchev–Trinajstić information content (AvgIpc) is 3.14. The summed E-state index contributed by atoms with van der Waals surface area (Å²) in [5.74, 6) is 1.48. The van der Waals surface area contributed by atoms with Crippen LogP contribution in [0.25, 0.3) is 6.20 Å². The number of primary amides is 1. The lowest BCUT2D eigenvalue weighted by Crippen LogP contribution is -2.67. The van der Waals surface area contributed by atoms with Gasteiger partial charge in [0.05, 0.1) is 18.3 Å². The molecule has 0 radical (unpaired) electrons. The molecule has 4 fully saturated rings. The molecule has 1 aromatic rings. The molecule has 0 saturated heterocycles. The molecule has 4 saturated carbocycles. The molecule has 1 aromatic heterocycles. The lowest BCUT2D eigenvalue weighted by Gasteiger charge is -2.60. The number of rotatable bonds is 9. The van der Waals surface area contributed by atoms with Crippen molar-refractivity contribution in [2.75, 3.05) is 6.61 Å². The Morgan fingerprint density at radius 3 is 2.50 bits per heavy atom. The summed E-state index contributed by atoms with van der Waals surface area (Å²) in [4.78, 5) is 36.6. The van der Waals surface area contributed by atoms with E-state index in [-0.39, 0.29) is 29.3 Å². The van der Waals surface area contributed by atoms with Crippen LogP contribution >= 0.6 is 0 Å². The molecule has 4 aliphatic carbocycles. The first-order valence-electron chi connectivity index (χ1n) is 12.9. The SMILES string of the molecule is CC(=O)NC(C)(C)/C=C/n1ncc(C(=O)N[C@H]2C3CC4CC2C[C@](NC(N)=O)(C4)C3)c1OCC(C)C. The molecule has 10 heteroatoms. The van der Waals surface area contributed by atoms with Crippen LogP contribution in [0.3, 0.4) is 0 Å². The molecule has 198 valence electrons. The van der Waals surface area contributed by atoms with Gasteiger partial charge in [0.1, 0.15) is 5.56 Å². The first-order chi connectivity index (χ1) is 16.9. The highest BCUT2D eigenvalue weighted by Crippen LogP contribution is 2.55. The second-order valence-electron chi connectivity index (χ2n) is 12.0. The molecule has 0 aliphatic heterocycles. The molecule has 1 heterocycles. The monoisotopic (exact) mass is 500 g/mol. The van der Waals surface area contributed by atoms with Gasteiger partial charge in [-0.2, -0.15) is 5.10 Å². The van der Waals surface area contributed by atoms with Crippen molar-refractivity contribution in [2.24, 2.45) is 29.4 Å². The van der Waals surface area contributed by atoms with E-state index in [4.69, 9.17) is 10.5 Å². The van der Waals surface area contributed by atoms with Crippen LogP contribution in [0.15, 0.2) is 12.3 Å². The van der Waals surface area contributed by atoms with E-state index in [9.17, 15) is 14.4 Å². The third kappa shape index (κ3) is 5.68. The summed E-state index contributed by atoms with van der Waals surface area (Å²) in [5.41, 5.74) is 5.04. The van der Waals surface area contributed by atoms with Gasteiger partial charge in [-0.15, -0.1) is 0 Å². The largest absolute Gasteiger partial charge is 0.477 e. The number of hydrogen-bond acceptors (Lipinski definition) is 5. The van der Waals surface area contributed by atoms with Crippen LogP contribution in [-0.2, 0) is 4.79 Å². The highest BCUT2D eigenvalue weighted by molar-refractivity contribution is 5.96. The van der Waals surface area contributed by atoms with Crippen LogP contribution < -0.4 is 26.4 Å². The zero-order valence-electron chi connectivity index (χ0n) is 22.0. The van der Waals surface area contributed by atoms with E-state index in [1.54, 1.807) is 10.9 Å². The van der Waals surface area contributed by atoms with Crippen molar-refractivity contribution < 1.29 is 19.1 Å². The Morgan fingerprint density at radius 1 is 1.25 bits per heavy atom. The Bertz CT molecular complexity index is 1030. The zero-order chi connectivity index (χ0) is 26.3. The molecule has 2 atom stereocenters. The van der Waals surface area contributed by atoms with Crippen molar-refractivity contribution in [3.8, 4) is 5.88 Å². The second kappa shape index (κ2) is 9.78. The third-order valence-electron chi connectivity index (χ3n) is 7.64. The fourth-order valence-corrected chi connectivity index (χ4v) is 6.66. The number of amides is 4. The summed E-state index contributed by atoms with van der Waals surface area (Å²) in [5, 5.41) is 13.6. The molecule has 10 nitrogen and oxygen atoms in total. The van der Waals surface area contributed by atoms with Crippen LogP contribution in [-0.4, -0.2) is 51.4 Å². The van der Waals surface area contributed by atoms with E-state index in [1.165, 1.54) is 13.1 Å². The Morgan fingerprint density at radius 2 is 1.92 bits per heavy atom. The fourth-order valence-electron chi connectivity index (χ4n) is 6.66. The first-order valence-corrected chi connectivity index (χ1v) is 12.9. The van der Waals surface area contributed by atoms with E-state index in [1.807, 2.05) is 33.8 Å². The molecule has 5 rings (SSSR count). The Hall–Kier alpha value is -3.04. The lowest BCUT2D eigenvalue weighted by atomic mass is 9.51. The van der Waals surface area contributed by atoms with Crippen molar-refractivity contribution in [3.05, 3.63) is 17.8 Å². The highest BCUT2D eigenvalue weighted by atomic mass is 16.5. The molecule has 36 heavy (non-hydrogen) atoms. The number of urea groups is 1. The van der Waals surface area contributed by atoms with Crippen molar-refractivity contribution in [3.63, 3.8) is 0 Å². The van der Waals surface area contributed by atoms with Crippen LogP contribution in [0.5, 0.6) is 5.88 Å².